The zero-order valence-electron chi connectivity index (χ0n) is 10.6. The van der Waals surface area contributed by atoms with Crippen molar-refractivity contribution >= 4 is 33.5 Å². The Labute approximate surface area is 121 Å². The highest BCUT2D eigenvalue weighted by atomic mass is 79.9. The first kappa shape index (κ1) is 15.3. The number of hydrogen-bond donors (Lipinski definition) is 0. The van der Waals surface area contributed by atoms with Crippen LogP contribution in [0.5, 0.6) is 5.75 Å². The molecule has 0 unspecified atom stereocenters. The second-order valence-corrected chi connectivity index (χ2v) is 5.16. The molecule has 0 radical (unpaired) electrons. The summed E-state index contributed by atoms with van der Waals surface area (Å²) in [4.78, 5) is 11.6. The van der Waals surface area contributed by atoms with Gasteiger partial charge in [0, 0.05) is 16.3 Å². The Hall–Kier alpha value is -0.740. The molecule has 0 aromatic heterocycles. The number of carbonyl (C=O) groups is 1. The summed E-state index contributed by atoms with van der Waals surface area (Å²) in [6, 6.07) is 5.31. The van der Waals surface area contributed by atoms with Crippen molar-refractivity contribution in [2.45, 2.75) is 25.3 Å². The Bertz CT molecular complexity index is 421. The lowest BCUT2D eigenvalue weighted by Crippen LogP contribution is -2.33. The summed E-state index contributed by atoms with van der Waals surface area (Å²) in [7, 11) is 1.35. The van der Waals surface area contributed by atoms with Crippen molar-refractivity contribution in [2.24, 2.45) is 5.92 Å². The summed E-state index contributed by atoms with van der Waals surface area (Å²) in [5.74, 6) is 0.263. The lowest BCUT2D eigenvalue weighted by atomic mass is 10.1. The smallest absolute Gasteiger partial charge is 0.347 e. The molecule has 0 amide bonds. The van der Waals surface area contributed by atoms with E-state index in [9.17, 15) is 4.79 Å². The van der Waals surface area contributed by atoms with Gasteiger partial charge < -0.3 is 9.47 Å². The van der Waals surface area contributed by atoms with Gasteiger partial charge in [0.05, 0.1) is 7.11 Å². The first-order chi connectivity index (χ1) is 8.49. The zero-order valence-corrected chi connectivity index (χ0v) is 12.9. The molecule has 0 aliphatic rings. The van der Waals surface area contributed by atoms with Crippen molar-refractivity contribution in [1.29, 1.82) is 0 Å². The molecule has 0 heterocycles. The van der Waals surface area contributed by atoms with Crippen LogP contribution >= 0.6 is 27.5 Å². The molecular formula is C13H16BrClO3. The van der Waals surface area contributed by atoms with Crippen LogP contribution < -0.4 is 4.74 Å². The van der Waals surface area contributed by atoms with Gasteiger partial charge in [-0.25, -0.2) is 4.79 Å². The minimum absolute atomic E-state index is 0.0283. The summed E-state index contributed by atoms with van der Waals surface area (Å²) in [6.45, 7) is 3.81. The number of esters is 1. The molecular weight excluding hydrogens is 319 g/mol. The monoisotopic (exact) mass is 334 g/mol. The summed E-state index contributed by atoms with van der Waals surface area (Å²) >= 11 is 9.36. The van der Waals surface area contributed by atoms with E-state index in [1.165, 1.54) is 7.11 Å². The lowest BCUT2D eigenvalue weighted by molar-refractivity contribution is -0.150. The van der Waals surface area contributed by atoms with Crippen LogP contribution in [0.4, 0.5) is 0 Å². The third kappa shape index (κ3) is 3.89. The SMILES string of the molecule is COC(=O)[C@H](Oc1ccc(Cl)c(CBr)c1)C(C)C. The minimum atomic E-state index is -0.612. The van der Waals surface area contributed by atoms with Gasteiger partial charge in [-0.3, -0.25) is 0 Å². The topological polar surface area (TPSA) is 35.5 Å². The molecule has 18 heavy (non-hydrogen) atoms. The van der Waals surface area contributed by atoms with Gasteiger partial charge in [-0.1, -0.05) is 41.4 Å². The lowest BCUT2D eigenvalue weighted by Gasteiger charge is -2.20. The van der Waals surface area contributed by atoms with E-state index >= 15 is 0 Å². The Morgan fingerprint density at radius 2 is 2.11 bits per heavy atom. The van der Waals surface area contributed by atoms with E-state index in [-0.39, 0.29) is 11.9 Å². The third-order valence-electron chi connectivity index (χ3n) is 2.46. The molecule has 1 aromatic carbocycles. The van der Waals surface area contributed by atoms with Crippen LogP contribution in [-0.4, -0.2) is 19.2 Å². The maximum absolute atomic E-state index is 11.6. The quantitative estimate of drug-likeness (QED) is 0.606. The highest BCUT2D eigenvalue weighted by Gasteiger charge is 2.25. The number of benzene rings is 1. The molecule has 1 atom stereocenters. The fourth-order valence-corrected chi connectivity index (χ4v) is 2.26. The van der Waals surface area contributed by atoms with Gasteiger partial charge in [0.15, 0.2) is 6.10 Å². The number of alkyl halides is 1. The van der Waals surface area contributed by atoms with Crippen LogP contribution in [0.2, 0.25) is 5.02 Å². The molecule has 0 spiro atoms. The fraction of sp³-hybridized carbons (Fsp3) is 0.462. The molecule has 1 aromatic rings. The summed E-state index contributed by atoms with van der Waals surface area (Å²) < 4.78 is 10.4. The zero-order chi connectivity index (χ0) is 13.7. The average molecular weight is 336 g/mol. The van der Waals surface area contributed by atoms with Crippen molar-refractivity contribution in [3.63, 3.8) is 0 Å². The maximum atomic E-state index is 11.6. The number of ether oxygens (including phenoxy) is 2. The Morgan fingerprint density at radius 3 is 2.61 bits per heavy atom. The van der Waals surface area contributed by atoms with Gasteiger partial charge >= 0.3 is 5.97 Å². The predicted molar refractivity (Wildman–Crippen MR) is 75.4 cm³/mol. The average Bonchev–Trinajstić information content (AvgIpc) is 2.36. The standard InChI is InChI=1S/C13H16BrClO3/c1-8(2)12(13(16)17-3)18-10-4-5-11(15)9(6-10)7-14/h4-6,8,12H,7H2,1-3H3/t12-/m1/s1. The summed E-state index contributed by atoms with van der Waals surface area (Å²) in [5, 5.41) is 1.30. The summed E-state index contributed by atoms with van der Waals surface area (Å²) in [6.07, 6.45) is -0.612. The molecule has 0 saturated carbocycles. The fourth-order valence-electron chi connectivity index (χ4n) is 1.45. The highest BCUT2D eigenvalue weighted by molar-refractivity contribution is 9.08. The van der Waals surface area contributed by atoms with Crippen LogP contribution in [0.3, 0.4) is 0 Å². The first-order valence-corrected chi connectivity index (χ1v) is 7.08. The molecule has 0 bridgehead atoms. The number of methoxy groups -OCH3 is 1. The molecule has 0 N–H and O–H groups in total. The van der Waals surface area contributed by atoms with Crippen molar-refractivity contribution in [3.8, 4) is 5.75 Å². The normalized spacial score (nSPS) is 12.3. The van der Waals surface area contributed by atoms with Crippen molar-refractivity contribution in [2.75, 3.05) is 7.11 Å². The third-order valence-corrected chi connectivity index (χ3v) is 3.44. The van der Waals surface area contributed by atoms with E-state index in [4.69, 9.17) is 21.1 Å². The minimum Gasteiger partial charge on any atom is -0.478 e. The van der Waals surface area contributed by atoms with Crippen LogP contribution in [0.25, 0.3) is 0 Å². The van der Waals surface area contributed by atoms with Crippen LogP contribution in [0.15, 0.2) is 18.2 Å². The van der Waals surface area contributed by atoms with Gasteiger partial charge in [0.2, 0.25) is 0 Å². The van der Waals surface area contributed by atoms with E-state index in [0.29, 0.717) is 16.1 Å². The van der Waals surface area contributed by atoms with E-state index in [0.717, 1.165) is 5.56 Å². The molecule has 100 valence electrons. The Balaban J connectivity index is 2.90. The molecule has 0 fully saturated rings. The number of carbonyl (C=O) groups excluding carboxylic acids is 1. The van der Waals surface area contributed by atoms with E-state index in [1.807, 2.05) is 19.9 Å². The van der Waals surface area contributed by atoms with Gasteiger partial charge in [0.1, 0.15) is 5.75 Å². The predicted octanol–water partition coefficient (Wildman–Crippen LogP) is 3.81. The first-order valence-electron chi connectivity index (χ1n) is 5.58. The van der Waals surface area contributed by atoms with E-state index in [1.54, 1.807) is 12.1 Å². The Kier molecular flexibility index (Phi) is 5.96. The molecule has 0 aliphatic carbocycles. The second-order valence-electron chi connectivity index (χ2n) is 4.19. The maximum Gasteiger partial charge on any atom is 0.347 e. The van der Waals surface area contributed by atoms with Gasteiger partial charge in [-0.15, -0.1) is 0 Å². The second kappa shape index (κ2) is 7.00. The van der Waals surface area contributed by atoms with Crippen LogP contribution in [0.1, 0.15) is 19.4 Å². The van der Waals surface area contributed by atoms with E-state index in [2.05, 4.69) is 15.9 Å². The van der Waals surface area contributed by atoms with Gasteiger partial charge in [0.25, 0.3) is 0 Å². The molecule has 5 heteroatoms. The summed E-state index contributed by atoms with van der Waals surface area (Å²) in [5.41, 5.74) is 0.918. The van der Waals surface area contributed by atoms with Gasteiger partial charge in [-0.2, -0.15) is 0 Å². The largest absolute Gasteiger partial charge is 0.478 e. The van der Waals surface area contributed by atoms with E-state index < -0.39 is 6.10 Å². The van der Waals surface area contributed by atoms with Crippen LogP contribution in [-0.2, 0) is 14.9 Å². The highest BCUT2D eigenvalue weighted by Crippen LogP contribution is 2.25. The number of hydrogen-bond acceptors (Lipinski definition) is 3. The van der Waals surface area contributed by atoms with Crippen molar-refractivity contribution in [1.82, 2.24) is 0 Å². The molecule has 0 aliphatic heterocycles. The molecule has 0 saturated heterocycles. The Morgan fingerprint density at radius 1 is 1.44 bits per heavy atom. The molecule has 1 rings (SSSR count). The number of halogens is 2. The van der Waals surface area contributed by atoms with Gasteiger partial charge in [-0.05, 0) is 23.8 Å². The van der Waals surface area contributed by atoms with Crippen molar-refractivity contribution in [3.05, 3.63) is 28.8 Å². The van der Waals surface area contributed by atoms with Crippen LogP contribution in [0, 0.1) is 5.92 Å². The van der Waals surface area contributed by atoms with Crippen molar-refractivity contribution < 1.29 is 14.3 Å². The molecule has 3 nitrogen and oxygen atoms in total. The number of rotatable bonds is 5.